The van der Waals surface area contributed by atoms with Crippen molar-refractivity contribution in [1.29, 1.82) is 5.41 Å². The van der Waals surface area contributed by atoms with E-state index in [9.17, 15) is 4.39 Å². The number of benzene rings is 2. The van der Waals surface area contributed by atoms with E-state index < -0.39 is 0 Å². The molecule has 0 amide bonds. The lowest BCUT2D eigenvalue weighted by Crippen LogP contribution is -1.97. The Morgan fingerprint density at radius 1 is 0.955 bits per heavy atom. The second-order valence-electron chi connectivity index (χ2n) is 4.83. The van der Waals surface area contributed by atoms with Crippen LogP contribution in [0.25, 0.3) is 11.1 Å². The largest absolute Gasteiger partial charge is 0.354 e. The highest BCUT2D eigenvalue weighted by Crippen LogP contribution is 2.25. The van der Waals surface area contributed by atoms with Crippen molar-refractivity contribution in [3.63, 3.8) is 0 Å². The number of aromatic nitrogens is 1. The third-order valence-corrected chi connectivity index (χ3v) is 3.29. The van der Waals surface area contributed by atoms with Crippen molar-refractivity contribution in [2.24, 2.45) is 0 Å². The molecular weight excluding hydrogens is 277 g/mol. The molecule has 4 heteroatoms. The Morgan fingerprint density at radius 2 is 1.77 bits per heavy atom. The van der Waals surface area contributed by atoms with E-state index >= 15 is 0 Å². The minimum atomic E-state index is -0.361. The number of pyridine rings is 1. The first-order valence-electron chi connectivity index (χ1n) is 6.84. The number of nitrogens with one attached hydrogen (secondary N) is 2. The van der Waals surface area contributed by atoms with Crippen LogP contribution in [0.4, 0.5) is 15.8 Å². The number of hydrogen-bond acceptors (Lipinski definition) is 3. The summed E-state index contributed by atoms with van der Waals surface area (Å²) in [6, 6.07) is 16.2. The molecule has 0 fully saturated rings. The van der Waals surface area contributed by atoms with Crippen LogP contribution in [-0.4, -0.2) is 11.2 Å². The van der Waals surface area contributed by atoms with Crippen molar-refractivity contribution in [3.05, 3.63) is 78.4 Å². The average Bonchev–Trinajstić information content (AvgIpc) is 2.57. The van der Waals surface area contributed by atoms with Crippen LogP contribution in [0.15, 0.2) is 67.0 Å². The molecule has 0 saturated carbocycles. The molecule has 22 heavy (non-hydrogen) atoms. The van der Waals surface area contributed by atoms with Gasteiger partial charge in [0, 0.05) is 29.2 Å². The Bertz CT molecular complexity index is 800. The zero-order chi connectivity index (χ0) is 15.4. The van der Waals surface area contributed by atoms with Gasteiger partial charge in [0.05, 0.1) is 11.9 Å². The van der Waals surface area contributed by atoms with Crippen molar-refractivity contribution in [2.45, 2.75) is 0 Å². The fourth-order valence-electron chi connectivity index (χ4n) is 2.22. The Labute approximate surface area is 128 Å². The van der Waals surface area contributed by atoms with E-state index in [1.807, 2.05) is 36.4 Å². The van der Waals surface area contributed by atoms with Gasteiger partial charge in [-0.25, -0.2) is 4.39 Å². The lowest BCUT2D eigenvalue weighted by atomic mass is 10.1. The predicted octanol–water partition coefficient (Wildman–Crippen LogP) is 4.63. The van der Waals surface area contributed by atoms with Gasteiger partial charge in [0.25, 0.3) is 0 Å². The van der Waals surface area contributed by atoms with Crippen LogP contribution in [0, 0.1) is 11.2 Å². The molecule has 1 heterocycles. The normalized spacial score (nSPS) is 10.2. The summed E-state index contributed by atoms with van der Waals surface area (Å²) in [4.78, 5) is 4.24. The maximum atomic E-state index is 13.2. The molecule has 3 aromatic rings. The molecular formula is C18H14FN3. The first kappa shape index (κ1) is 13.9. The minimum Gasteiger partial charge on any atom is -0.354 e. The number of rotatable bonds is 4. The monoisotopic (exact) mass is 291 g/mol. The summed E-state index contributed by atoms with van der Waals surface area (Å²) < 4.78 is 13.2. The molecule has 0 unspecified atom stereocenters. The average molecular weight is 291 g/mol. The van der Waals surface area contributed by atoms with Crippen LogP contribution in [0.2, 0.25) is 0 Å². The van der Waals surface area contributed by atoms with Crippen molar-refractivity contribution in [1.82, 2.24) is 4.98 Å². The first-order chi connectivity index (χ1) is 10.8. The molecule has 2 N–H and O–H groups in total. The molecule has 0 bridgehead atoms. The highest BCUT2D eigenvalue weighted by atomic mass is 19.1. The smallest absolute Gasteiger partial charge is 0.124 e. The van der Waals surface area contributed by atoms with Crippen LogP contribution >= 0.6 is 0 Å². The molecule has 2 aromatic carbocycles. The zero-order valence-corrected chi connectivity index (χ0v) is 11.8. The van der Waals surface area contributed by atoms with E-state index in [2.05, 4.69) is 10.3 Å². The van der Waals surface area contributed by atoms with Gasteiger partial charge in [-0.05, 0) is 29.8 Å². The maximum Gasteiger partial charge on any atom is 0.124 e. The standard InChI is InChI=1S/C18H14FN3/c19-16-6-7-18(14(8-16)10-20)22-17-9-15(11-21-12-17)13-4-2-1-3-5-13/h1-12,20,22H. The Morgan fingerprint density at radius 3 is 2.55 bits per heavy atom. The summed E-state index contributed by atoms with van der Waals surface area (Å²) in [7, 11) is 0. The number of nitrogens with zero attached hydrogens (tertiary/aromatic N) is 1. The van der Waals surface area contributed by atoms with Crippen LogP contribution in [0.1, 0.15) is 5.56 Å². The van der Waals surface area contributed by atoms with Gasteiger partial charge >= 0.3 is 0 Å². The summed E-state index contributed by atoms with van der Waals surface area (Å²) in [5.41, 5.74) is 4.01. The maximum absolute atomic E-state index is 13.2. The first-order valence-corrected chi connectivity index (χ1v) is 6.84. The highest BCUT2D eigenvalue weighted by Gasteiger charge is 2.04. The number of hydrogen-bond donors (Lipinski definition) is 2. The molecule has 3 rings (SSSR count). The fraction of sp³-hybridized carbons (Fsp3) is 0. The van der Waals surface area contributed by atoms with Crippen molar-refractivity contribution < 1.29 is 4.39 Å². The molecule has 0 saturated heterocycles. The molecule has 0 atom stereocenters. The van der Waals surface area contributed by atoms with Crippen LogP contribution < -0.4 is 5.32 Å². The quantitative estimate of drug-likeness (QED) is 0.688. The Balaban J connectivity index is 1.92. The molecule has 108 valence electrons. The lowest BCUT2D eigenvalue weighted by Gasteiger charge is -2.10. The number of halogens is 1. The van der Waals surface area contributed by atoms with Crippen molar-refractivity contribution in [3.8, 4) is 11.1 Å². The summed E-state index contributed by atoms with van der Waals surface area (Å²) >= 11 is 0. The van der Waals surface area contributed by atoms with Gasteiger partial charge in [0.1, 0.15) is 5.82 Å². The topological polar surface area (TPSA) is 48.8 Å². The predicted molar refractivity (Wildman–Crippen MR) is 87.2 cm³/mol. The fourth-order valence-corrected chi connectivity index (χ4v) is 2.22. The van der Waals surface area contributed by atoms with E-state index in [4.69, 9.17) is 5.41 Å². The minimum absolute atomic E-state index is 0.361. The SMILES string of the molecule is N=Cc1cc(F)ccc1Nc1cncc(-c2ccccc2)c1. The van der Waals surface area contributed by atoms with Gasteiger partial charge in [-0.15, -0.1) is 0 Å². The van der Waals surface area contributed by atoms with Gasteiger partial charge < -0.3 is 10.7 Å². The summed E-state index contributed by atoms with van der Waals surface area (Å²) in [6.07, 6.45) is 4.62. The Hall–Kier alpha value is -3.01. The van der Waals surface area contributed by atoms with Gasteiger partial charge in [-0.2, -0.15) is 0 Å². The van der Waals surface area contributed by atoms with Crippen LogP contribution in [-0.2, 0) is 0 Å². The van der Waals surface area contributed by atoms with E-state index in [0.717, 1.165) is 23.0 Å². The molecule has 0 aliphatic carbocycles. The second-order valence-corrected chi connectivity index (χ2v) is 4.83. The lowest BCUT2D eigenvalue weighted by molar-refractivity contribution is 0.628. The van der Waals surface area contributed by atoms with Gasteiger partial charge in [-0.3, -0.25) is 4.98 Å². The van der Waals surface area contributed by atoms with E-state index in [1.165, 1.54) is 12.1 Å². The Kier molecular flexibility index (Phi) is 3.92. The number of anilines is 2. The molecule has 3 nitrogen and oxygen atoms in total. The molecule has 1 aromatic heterocycles. The third kappa shape index (κ3) is 3.01. The summed E-state index contributed by atoms with van der Waals surface area (Å²) in [6.45, 7) is 0. The highest BCUT2D eigenvalue weighted by molar-refractivity contribution is 5.87. The van der Waals surface area contributed by atoms with Gasteiger partial charge in [-0.1, -0.05) is 30.3 Å². The second kappa shape index (κ2) is 6.18. The molecule has 0 aliphatic rings. The van der Waals surface area contributed by atoms with E-state index in [0.29, 0.717) is 11.3 Å². The van der Waals surface area contributed by atoms with Crippen molar-refractivity contribution >= 4 is 17.6 Å². The zero-order valence-electron chi connectivity index (χ0n) is 11.8. The molecule has 0 spiro atoms. The summed E-state index contributed by atoms with van der Waals surface area (Å²) in [5.74, 6) is -0.361. The van der Waals surface area contributed by atoms with Crippen LogP contribution in [0.3, 0.4) is 0 Å². The molecule has 0 aliphatic heterocycles. The molecule has 0 radical (unpaired) electrons. The summed E-state index contributed by atoms with van der Waals surface area (Å²) in [5, 5.41) is 10.6. The van der Waals surface area contributed by atoms with E-state index in [1.54, 1.807) is 18.5 Å². The van der Waals surface area contributed by atoms with E-state index in [-0.39, 0.29) is 5.82 Å². The van der Waals surface area contributed by atoms with Gasteiger partial charge in [0.15, 0.2) is 0 Å². The van der Waals surface area contributed by atoms with Crippen molar-refractivity contribution in [2.75, 3.05) is 5.32 Å². The van der Waals surface area contributed by atoms with Crippen LogP contribution in [0.5, 0.6) is 0 Å². The third-order valence-electron chi connectivity index (χ3n) is 3.29. The van der Waals surface area contributed by atoms with Gasteiger partial charge in [0.2, 0.25) is 0 Å².